The summed E-state index contributed by atoms with van der Waals surface area (Å²) in [5, 5.41) is 0. The molecule has 0 aliphatic rings. The van der Waals surface area contributed by atoms with Crippen LogP contribution in [0.25, 0.3) is 0 Å². The molecule has 2 aromatic rings. The van der Waals surface area contributed by atoms with Crippen molar-refractivity contribution in [2.45, 2.75) is 18.7 Å². The summed E-state index contributed by atoms with van der Waals surface area (Å²) in [6.07, 6.45) is 0. The van der Waals surface area contributed by atoms with Crippen molar-refractivity contribution in [2.75, 3.05) is 25.1 Å². The Kier molecular flexibility index (Phi) is 5.15. The third-order valence-corrected chi connectivity index (χ3v) is 5.42. The van der Waals surface area contributed by atoms with Gasteiger partial charge in [0, 0.05) is 12.6 Å². The number of benzene rings is 2. The van der Waals surface area contributed by atoms with E-state index in [1.807, 2.05) is 25.1 Å². The second-order valence-electron chi connectivity index (χ2n) is 5.03. The second kappa shape index (κ2) is 6.91. The van der Waals surface area contributed by atoms with E-state index < -0.39 is 10.0 Å². The van der Waals surface area contributed by atoms with Crippen molar-refractivity contribution < 1.29 is 17.9 Å². The highest BCUT2D eigenvalue weighted by Crippen LogP contribution is 2.32. The van der Waals surface area contributed by atoms with Crippen molar-refractivity contribution in [3.8, 4) is 11.5 Å². The zero-order valence-electron chi connectivity index (χ0n) is 13.7. The smallest absolute Gasteiger partial charge is 0.264 e. The molecule has 0 atom stereocenters. The van der Waals surface area contributed by atoms with Gasteiger partial charge >= 0.3 is 0 Å². The Morgan fingerprint density at radius 3 is 2.26 bits per heavy atom. The molecule has 0 aliphatic carbocycles. The molecule has 0 unspecified atom stereocenters. The topological polar surface area (TPSA) is 55.8 Å². The minimum atomic E-state index is -3.68. The van der Waals surface area contributed by atoms with E-state index in [2.05, 4.69) is 0 Å². The van der Waals surface area contributed by atoms with Gasteiger partial charge in [-0.25, -0.2) is 8.42 Å². The lowest BCUT2D eigenvalue weighted by molar-refractivity contribution is 0.354. The normalized spacial score (nSPS) is 11.1. The van der Waals surface area contributed by atoms with Gasteiger partial charge in [0.1, 0.15) is 0 Å². The van der Waals surface area contributed by atoms with Crippen LogP contribution >= 0.6 is 0 Å². The van der Waals surface area contributed by atoms with Crippen molar-refractivity contribution in [2.24, 2.45) is 0 Å². The third-order valence-electron chi connectivity index (χ3n) is 3.52. The predicted octanol–water partition coefficient (Wildman–Crippen LogP) is 3.23. The van der Waals surface area contributed by atoms with Crippen LogP contribution in [0.2, 0.25) is 0 Å². The lowest BCUT2D eigenvalue weighted by atomic mass is 10.2. The Morgan fingerprint density at radius 2 is 1.70 bits per heavy atom. The van der Waals surface area contributed by atoms with E-state index in [1.165, 1.54) is 30.7 Å². The summed E-state index contributed by atoms with van der Waals surface area (Å²) in [4.78, 5) is 0.165. The molecule has 0 fully saturated rings. The van der Waals surface area contributed by atoms with E-state index in [9.17, 15) is 8.42 Å². The highest BCUT2D eigenvalue weighted by atomic mass is 32.2. The zero-order chi connectivity index (χ0) is 17.0. The molecule has 0 spiro atoms. The Labute approximate surface area is 137 Å². The average Bonchev–Trinajstić information content (AvgIpc) is 2.54. The molecule has 124 valence electrons. The molecule has 5 nitrogen and oxygen atoms in total. The van der Waals surface area contributed by atoms with Crippen molar-refractivity contribution in [1.82, 2.24) is 0 Å². The summed E-state index contributed by atoms with van der Waals surface area (Å²) < 4.78 is 37.7. The van der Waals surface area contributed by atoms with Crippen LogP contribution in [0.3, 0.4) is 0 Å². The Balaban J connectivity index is 2.51. The number of aryl methyl sites for hydroxylation is 1. The molecule has 0 saturated heterocycles. The monoisotopic (exact) mass is 335 g/mol. The van der Waals surface area contributed by atoms with E-state index in [1.54, 1.807) is 19.1 Å². The van der Waals surface area contributed by atoms with Crippen molar-refractivity contribution in [1.29, 1.82) is 0 Å². The van der Waals surface area contributed by atoms with E-state index in [4.69, 9.17) is 9.47 Å². The zero-order valence-corrected chi connectivity index (χ0v) is 14.6. The molecule has 0 radical (unpaired) electrons. The van der Waals surface area contributed by atoms with E-state index in [0.29, 0.717) is 23.7 Å². The standard InChI is InChI=1S/C17H21NO4S/c1-5-18(14-8-6-7-13(2)11-14)23(19,20)15-9-10-16(21-3)17(12-15)22-4/h6-12H,5H2,1-4H3. The molecule has 0 N–H and O–H groups in total. The number of anilines is 1. The van der Waals surface area contributed by atoms with Crippen molar-refractivity contribution in [3.63, 3.8) is 0 Å². The largest absolute Gasteiger partial charge is 0.493 e. The Bertz CT molecular complexity index is 787. The van der Waals surface area contributed by atoms with Gasteiger partial charge < -0.3 is 9.47 Å². The molecule has 2 rings (SSSR count). The highest BCUT2D eigenvalue weighted by Gasteiger charge is 2.25. The van der Waals surface area contributed by atoms with Gasteiger partial charge in [0.15, 0.2) is 11.5 Å². The van der Waals surface area contributed by atoms with Crippen LogP contribution in [0, 0.1) is 6.92 Å². The number of hydrogen-bond donors (Lipinski definition) is 0. The van der Waals surface area contributed by atoms with E-state index in [-0.39, 0.29) is 4.90 Å². The number of nitrogens with zero attached hydrogens (tertiary/aromatic N) is 1. The van der Waals surface area contributed by atoms with Gasteiger partial charge in [-0.15, -0.1) is 0 Å². The van der Waals surface area contributed by atoms with Crippen LogP contribution in [0.1, 0.15) is 12.5 Å². The summed E-state index contributed by atoms with van der Waals surface area (Å²) in [7, 11) is -0.691. The first kappa shape index (κ1) is 17.1. The fourth-order valence-electron chi connectivity index (χ4n) is 2.38. The van der Waals surface area contributed by atoms with Crippen LogP contribution in [-0.4, -0.2) is 29.2 Å². The molecular weight excluding hydrogens is 314 g/mol. The molecule has 0 bridgehead atoms. The van der Waals surface area contributed by atoms with Crippen molar-refractivity contribution in [3.05, 3.63) is 48.0 Å². The van der Waals surface area contributed by atoms with E-state index >= 15 is 0 Å². The molecule has 2 aromatic carbocycles. The molecule has 0 aromatic heterocycles. The minimum Gasteiger partial charge on any atom is -0.493 e. The lowest BCUT2D eigenvalue weighted by Crippen LogP contribution is -2.30. The molecule has 0 heterocycles. The quantitative estimate of drug-likeness (QED) is 0.813. The maximum Gasteiger partial charge on any atom is 0.264 e. The molecule has 0 aliphatic heterocycles. The van der Waals surface area contributed by atoms with Gasteiger partial charge in [-0.1, -0.05) is 12.1 Å². The van der Waals surface area contributed by atoms with Crippen LogP contribution in [0.4, 0.5) is 5.69 Å². The lowest BCUT2D eigenvalue weighted by Gasteiger charge is -2.23. The first-order valence-corrected chi connectivity index (χ1v) is 8.69. The number of hydrogen-bond acceptors (Lipinski definition) is 4. The predicted molar refractivity (Wildman–Crippen MR) is 90.9 cm³/mol. The maximum atomic E-state index is 13.0. The van der Waals surface area contributed by atoms with Gasteiger partial charge in [-0.2, -0.15) is 0 Å². The molecular formula is C17H21NO4S. The Morgan fingerprint density at radius 1 is 1.00 bits per heavy atom. The summed E-state index contributed by atoms with van der Waals surface area (Å²) in [5.74, 6) is 0.874. The number of rotatable bonds is 6. The first-order valence-electron chi connectivity index (χ1n) is 7.25. The molecule has 0 saturated carbocycles. The molecule has 0 amide bonds. The van der Waals surface area contributed by atoms with Gasteiger partial charge in [-0.05, 0) is 43.7 Å². The van der Waals surface area contributed by atoms with E-state index in [0.717, 1.165) is 5.56 Å². The van der Waals surface area contributed by atoms with Crippen LogP contribution in [0.15, 0.2) is 47.4 Å². The van der Waals surface area contributed by atoms with Gasteiger partial charge in [0.25, 0.3) is 10.0 Å². The highest BCUT2D eigenvalue weighted by molar-refractivity contribution is 7.92. The van der Waals surface area contributed by atoms with Crippen molar-refractivity contribution >= 4 is 15.7 Å². The SMILES string of the molecule is CCN(c1cccc(C)c1)S(=O)(=O)c1ccc(OC)c(OC)c1. The van der Waals surface area contributed by atoms with Gasteiger partial charge in [-0.3, -0.25) is 4.31 Å². The number of ether oxygens (including phenoxy) is 2. The average molecular weight is 335 g/mol. The summed E-state index contributed by atoms with van der Waals surface area (Å²) in [6.45, 7) is 4.07. The summed E-state index contributed by atoms with van der Waals surface area (Å²) in [6, 6.07) is 12.0. The minimum absolute atomic E-state index is 0.165. The fourth-order valence-corrected chi connectivity index (χ4v) is 3.86. The fraction of sp³-hybridized carbons (Fsp3) is 0.294. The summed E-state index contributed by atoms with van der Waals surface area (Å²) in [5.41, 5.74) is 1.64. The van der Waals surface area contributed by atoms with Crippen LogP contribution in [-0.2, 0) is 10.0 Å². The van der Waals surface area contributed by atoms with Gasteiger partial charge in [0.05, 0.1) is 24.8 Å². The molecule has 6 heteroatoms. The summed E-state index contributed by atoms with van der Waals surface area (Å²) >= 11 is 0. The first-order chi connectivity index (χ1) is 10.9. The molecule has 23 heavy (non-hydrogen) atoms. The van der Waals surface area contributed by atoms with Crippen LogP contribution < -0.4 is 13.8 Å². The maximum absolute atomic E-state index is 13.0. The van der Waals surface area contributed by atoms with Gasteiger partial charge in [0.2, 0.25) is 0 Å². The second-order valence-corrected chi connectivity index (χ2v) is 6.89. The Hall–Kier alpha value is -2.21. The number of methoxy groups -OCH3 is 2. The third kappa shape index (κ3) is 3.42. The number of sulfonamides is 1. The van der Waals surface area contributed by atoms with Crippen LogP contribution in [0.5, 0.6) is 11.5 Å².